The minimum atomic E-state index is -1.23. The van der Waals surface area contributed by atoms with Gasteiger partial charge in [-0.1, -0.05) is 58.0 Å². The molecule has 0 aliphatic heterocycles. The Morgan fingerprint density at radius 3 is 2.03 bits per heavy atom. The predicted octanol–water partition coefficient (Wildman–Crippen LogP) is 1.91. The summed E-state index contributed by atoms with van der Waals surface area (Å²) >= 11 is 4.20. The van der Waals surface area contributed by atoms with Crippen LogP contribution in [0.1, 0.15) is 52.5 Å². The Hall–Kier alpha value is -3.28. The zero-order valence-electron chi connectivity index (χ0n) is 23.1. The number of carbonyl (C=O) groups excluding carboxylic acids is 4. The van der Waals surface area contributed by atoms with Gasteiger partial charge in [-0.05, 0) is 36.7 Å². The second-order valence-corrected chi connectivity index (χ2v) is 10.4. The zero-order chi connectivity index (χ0) is 29.4. The number of hydrogen-bond donors (Lipinski definition) is 6. The van der Waals surface area contributed by atoms with Crippen molar-refractivity contribution in [3.63, 3.8) is 0 Å². The van der Waals surface area contributed by atoms with E-state index in [2.05, 4.69) is 33.9 Å². The maximum absolute atomic E-state index is 13.1. The van der Waals surface area contributed by atoms with Crippen LogP contribution in [-0.2, 0) is 30.3 Å². The number of aliphatic carboxylic acids is 1. The van der Waals surface area contributed by atoms with Crippen LogP contribution in [0.4, 0.5) is 4.79 Å². The van der Waals surface area contributed by atoms with Gasteiger partial charge in [-0.25, -0.2) is 4.79 Å². The minimum Gasteiger partial charge on any atom is -0.481 e. The van der Waals surface area contributed by atoms with Crippen molar-refractivity contribution in [2.75, 3.05) is 18.9 Å². The van der Waals surface area contributed by atoms with E-state index in [9.17, 15) is 24.0 Å². The third-order valence-electron chi connectivity index (χ3n) is 5.51. The van der Waals surface area contributed by atoms with Crippen LogP contribution in [0.15, 0.2) is 30.3 Å². The number of ether oxygens (including phenoxy) is 1. The largest absolute Gasteiger partial charge is 0.481 e. The molecule has 0 aromatic heterocycles. The van der Waals surface area contributed by atoms with Crippen LogP contribution >= 0.6 is 12.6 Å². The number of benzene rings is 1. The van der Waals surface area contributed by atoms with Crippen molar-refractivity contribution in [1.82, 2.24) is 21.3 Å². The van der Waals surface area contributed by atoms with Crippen LogP contribution in [-0.4, -0.2) is 71.9 Å². The number of carbonyl (C=O) groups is 5. The van der Waals surface area contributed by atoms with Gasteiger partial charge in [0.15, 0.2) is 0 Å². The average molecular weight is 567 g/mol. The van der Waals surface area contributed by atoms with E-state index in [1.807, 2.05) is 58.0 Å². The van der Waals surface area contributed by atoms with Crippen LogP contribution in [0.25, 0.3) is 0 Å². The molecule has 39 heavy (non-hydrogen) atoms. The molecule has 1 aromatic carbocycles. The molecule has 0 spiro atoms. The molecule has 0 radical (unpaired) electrons. The molecule has 12 heteroatoms. The zero-order valence-corrected chi connectivity index (χ0v) is 24.0. The molecule has 5 N–H and O–H groups in total. The Kier molecular flexibility index (Phi) is 15.7. The van der Waals surface area contributed by atoms with Crippen LogP contribution in [0.5, 0.6) is 0 Å². The monoisotopic (exact) mass is 566 g/mol. The minimum absolute atomic E-state index is 0.00311. The van der Waals surface area contributed by atoms with Crippen molar-refractivity contribution in [3.8, 4) is 0 Å². The lowest BCUT2D eigenvalue weighted by molar-refractivity contribution is -0.137. The SMILES string of the molecule is CC(C)COC(=O)N[C@@H](CCC(=O)O)C(=O)N[C@@H](CC(C)C)C(=O)N[C@@H](CS)C(=O)NCCc1ccccc1. The number of amides is 4. The maximum atomic E-state index is 13.1. The summed E-state index contributed by atoms with van der Waals surface area (Å²) in [7, 11) is 0. The van der Waals surface area contributed by atoms with Crippen molar-refractivity contribution < 1.29 is 33.8 Å². The molecule has 0 aliphatic rings. The summed E-state index contributed by atoms with van der Waals surface area (Å²) in [5, 5.41) is 19.5. The van der Waals surface area contributed by atoms with E-state index >= 15 is 0 Å². The first-order chi connectivity index (χ1) is 18.4. The molecule has 0 saturated heterocycles. The fourth-order valence-electron chi connectivity index (χ4n) is 3.50. The Bertz CT molecular complexity index is 943. The van der Waals surface area contributed by atoms with Gasteiger partial charge in [-0.2, -0.15) is 12.6 Å². The molecule has 218 valence electrons. The Labute approximate surface area is 235 Å². The number of rotatable bonds is 17. The molecule has 0 heterocycles. The molecule has 0 unspecified atom stereocenters. The smallest absolute Gasteiger partial charge is 0.407 e. The lowest BCUT2D eigenvalue weighted by Gasteiger charge is -2.25. The Morgan fingerprint density at radius 1 is 0.846 bits per heavy atom. The van der Waals surface area contributed by atoms with Crippen LogP contribution in [0.3, 0.4) is 0 Å². The van der Waals surface area contributed by atoms with Gasteiger partial charge >= 0.3 is 12.1 Å². The number of carboxylic acid groups (broad SMARTS) is 1. The van der Waals surface area contributed by atoms with E-state index in [0.29, 0.717) is 13.0 Å². The highest BCUT2D eigenvalue weighted by molar-refractivity contribution is 7.80. The molecule has 3 atom stereocenters. The van der Waals surface area contributed by atoms with Crippen molar-refractivity contribution in [2.24, 2.45) is 11.8 Å². The summed E-state index contributed by atoms with van der Waals surface area (Å²) in [4.78, 5) is 62.1. The van der Waals surface area contributed by atoms with Gasteiger partial charge in [0.25, 0.3) is 0 Å². The predicted molar refractivity (Wildman–Crippen MR) is 150 cm³/mol. The number of nitrogens with one attached hydrogen (secondary N) is 4. The average Bonchev–Trinajstić information content (AvgIpc) is 2.87. The van der Waals surface area contributed by atoms with Crippen molar-refractivity contribution in [1.29, 1.82) is 0 Å². The number of carboxylic acids is 1. The van der Waals surface area contributed by atoms with Crippen molar-refractivity contribution in [2.45, 2.75) is 71.5 Å². The Balaban J connectivity index is 2.84. The van der Waals surface area contributed by atoms with Gasteiger partial charge in [0.1, 0.15) is 18.1 Å². The maximum Gasteiger partial charge on any atom is 0.407 e. The lowest BCUT2D eigenvalue weighted by Crippen LogP contribution is -2.57. The normalized spacial score (nSPS) is 13.2. The highest BCUT2D eigenvalue weighted by atomic mass is 32.1. The molecule has 0 aliphatic carbocycles. The summed E-state index contributed by atoms with van der Waals surface area (Å²) in [6.07, 6.45) is -0.570. The molecule has 0 bridgehead atoms. The van der Waals surface area contributed by atoms with Crippen LogP contribution in [0.2, 0.25) is 0 Å². The first kappa shape index (κ1) is 33.7. The van der Waals surface area contributed by atoms with E-state index in [0.717, 1.165) is 5.56 Å². The fourth-order valence-corrected chi connectivity index (χ4v) is 3.76. The molecule has 11 nitrogen and oxygen atoms in total. The topological polar surface area (TPSA) is 163 Å². The summed E-state index contributed by atoms with van der Waals surface area (Å²) in [6.45, 7) is 7.91. The molecule has 0 saturated carbocycles. The van der Waals surface area contributed by atoms with E-state index in [4.69, 9.17) is 9.84 Å². The molecular formula is C27H42N4O7S. The van der Waals surface area contributed by atoms with E-state index in [-0.39, 0.29) is 43.5 Å². The standard InChI is InChI=1S/C27H42N4O7S/c1-17(2)14-21(29-25(35)20(10-11-23(32)33)31-27(37)38-15-18(3)4)26(36)30-22(16-39)24(34)28-13-12-19-8-6-5-7-9-19/h5-9,17-18,20-22,39H,10-16H2,1-4H3,(H,28,34)(H,29,35)(H,30,36)(H,31,37)(H,32,33)/t20-,21-,22-/m0/s1. The first-order valence-corrected chi connectivity index (χ1v) is 13.7. The third-order valence-corrected chi connectivity index (χ3v) is 5.88. The van der Waals surface area contributed by atoms with E-state index in [1.54, 1.807) is 0 Å². The number of hydrogen-bond acceptors (Lipinski definition) is 7. The fraction of sp³-hybridized carbons (Fsp3) is 0.593. The van der Waals surface area contributed by atoms with Gasteiger partial charge < -0.3 is 31.1 Å². The summed E-state index contributed by atoms with van der Waals surface area (Å²) in [6, 6.07) is 6.43. The quantitative estimate of drug-likeness (QED) is 0.157. The summed E-state index contributed by atoms with van der Waals surface area (Å²) in [5.74, 6) is -2.76. The lowest BCUT2D eigenvalue weighted by atomic mass is 10.0. The summed E-state index contributed by atoms with van der Waals surface area (Å²) < 4.78 is 5.05. The van der Waals surface area contributed by atoms with Crippen molar-refractivity contribution >= 4 is 42.4 Å². The van der Waals surface area contributed by atoms with Gasteiger partial charge in [0.05, 0.1) is 6.61 Å². The van der Waals surface area contributed by atoms with Gasteiger partial charge in [0.2, 0.25) is 17.7 Å². The number of thiol groups is 1. The van der Waals surface area contributed by atoms with Crippen molar-refractivity contribution in [3.05, 3.63) is 35.9 Å². The van der Waals surface area contributed by atoms with E-state index < -0.39 is 47.9 Å². The van der Waals surface area contributed by atoms with Gasteiger partial charge in [0, 0.05) is 18.7 Å². The van der Waals surface area contributed by atoms with Crippen LogP contribution < -0.4 is 21.3 Å². The van der Waals surface area contributed by atoms with Gasteiger partial charge in [-0.15, -0.1) is 0 Å². The summed E-state index contributed by atoms with van der Waals surface area (Å²) in [5.41, 5.74) is 1.06. The molecule has 1 aromatic rings. The van der Waals surface area contributed by atoms with Gasteiger partial charge in [-0.3, -0.25) is 19.2 Å². The third kappa shape index (κ3) is 14.4. The number of alkyl carbamates (subject to hydrolysis) is 1. The highest BCUT2D eigenvalue weighted by Crippen LogP contribution is 2.08. The second-order valence-electron chi connectivity index (χ2n) is 10.1. The molecule has 4 amide bonds. The Morgan fingerprint density at radius 2 is 1.46 bits per heavy atom. The molecule has 0 fully saturated rings. The second kappa shape index (κ2) is 18.1. The van der Waals surface area contributed by atoms with Crippen LogP contribution in [0, 0.1) is 11.8 Å². The van der Waals surface area contributed by atoms with E-state index in [1.165, 1.54) is 0 Å². The molecule has 1 rings (SSSR count). The highest BCUT2D eigenvalue weighted by Gasteiger charge is 2.30. The molecular weight excluding hydrogens is 524 g/mol. The first-order valence-electron chi connectivity index (χ1n) is 13.1.